The van der Waals surface area contributed by atoms with Gasteiger partial charge in [0.2, 0.25) is 7.85 Å². The molecule has 0 fully saturated rings. The van der Waals surface area contributed by atoms with Crippen LogP contribution in [-0.4, -0.2) is 12.4 Å². The van der Waals surface area contributed by atoms with Crippen LogP contribution in [0, 0.1) is 0 Å². The zero-order chi connectivity index (χ0) is 14.3. The van der Waals surface area contributed by atoms with Gasteiger partial charge in [-0.2, -0.15) is 0 Å². The van der Waals surface area contributed by atoms with Gasteiger partial charge in [-0.05, 0) is 23.7 Å². The Morgan fingerprint density at radius 3 is 2.45 bits per heavy atom. The molecular weight excluding hydrogens is 243 g/mol. The van der Waals surface area contributed by atoms with Gasteiger partial charge in [0.05, 0.1) is 13.1 Å². The summed E-state index contributed by atoms with van der Waals surface area (Å²) in [6.07, 6.45) is 2.33. The van der Waals surface area contributed by atoms with E-state index in [0.29, 0.717) is 0 Å². The molecule has 4 rings (SSSR count). The molecule has 0 saturated carbocycles. The van der Waals surface area contributed by atoms with E-state index in [1.54, 1.807) is 0 Å². The van der Waals surface area contributed by atoms with Gasteiger partial charge in [-0.15, -0.1) is 0 Å². The molecule has 1 aromatic heterocycles. The Hall–Kier alpha value is -1.25. The SMILES string of the molecule is [B]c1n2c3c(ccc4c3[n+]1CCC4(C)C)C(C)(C)CC2. The van der Waals surface area contributed by atoms with E-state index in [1.807, 2.05) is 0 Å². The van der Waals surface area contributed by atoms with E-state index < -0.39 is 0 Å². The smallest absolute Gasteiger partial charge is 0.238 e. The Labute approximate surface area is 122 Å². The Morgan fingerprint density at radius 2 is 1.70 bits per heavy atom. The number of aromatic nitrogens is 2. The second kappa shape index (κ2) is 3.50. The highest BCUT2D eigenvalue weighted by Crippen LogP contribution is 2.42. The van der Waals surface area contributed by atoms with Crippen LogP contribution in [-0.2, 0) is 23.9 Å². The summed E-state index contributed by atoms with van der Waals surface area (Å²) in [5.41, 5.74) is 7.15. The van der Waals surface area contributed by atoms with Gasteiger partial charge in [-0.1, -0.05) is 39.8 Å². The number of hydrogen-bond donors (Lipinski definition) is 0. The Morgan fingerprint density at radius 1 is 1.05 bits per heavy atom. The monoisotopic (exact) mass is 265 g/mol. The van der Waals surface area contributed by atoms with Crippen molar-refractivity contribution < 1.29 is 4.57 Å². The normalized spacial score (nSPS) is 22.2. The molecule has 0 bridgehead atoms. The average molecular weight is 265 g/mol. The summed E-state index contributed by atoms with van der Waals surface area (Å²) in [6.45, 7) is 11.5. The largest absolute Gasteiger partial charge is 0.239 e. The molecule has 1 aromatic carbocycles. The summed E-state index contributed by atoms with van der Waals surface area (Å²) >= 11 is 0. The maximum absolute atomic E-state index is 6.45. The topological polar surface area (TPSA) is 8.81 Å². The van der Waals surface area contributed by atoms with Crippen molar-refractivity contribution in [3.63, 3.8) is 0 Å². The third kappa shape index (κ3) is 1.34. The average Bonchev–Trinajstić information content (AvgIpc) is 2.65. The second-order valence-electron chi connectivity index (χ2n) is 7.79. The number of benzene rings is 1. The Balaban J connectivity index is 2.20. The number of imidazole rings is 1. The third-order valence-electron chi connectivity index (χ3n) is 5.62. The molecule has 0 unspecified atom stereocenters. The molecule has 0 atom stereocenters. The molecule has 0 aliphatic carbocycles. The van der Waals surface area contributed by atoms with Gasteiger partial charge >= 0.3 is 0 Å². The zero-order valence-corrected chi connectivity index (χ0v) is 13.0. The zero-order valence-electron chi connectivity index (χ0n) is 13.0. The van der Waals surface area contributed by atoms with E-state index >= 15 is 0 Å². The van der Waals surface area contributed by atoms with Gasteiger partial charge in [0.25, 0.3) is 0 Å². The summed E-state index contributed by atoms with van der Waals surface area (Å²) < 4.78 is 4.70. The fourth-order valence-corrected chi connectivity index (χ4v) is 4.10. The number of aryl methyl sites for hydroxylation is 2. The summed E-state index contributed by atoms with van der Waals surface area (Å²) in [5.74, 6) is 0. The lowest BCUT2D eigenvalue weighted by atomic mass is 9.74. The first-order valence-electron chi connectivity index (χ1n) is 7.68. The molecule has 2 aliphatic heterocycles. The quantitative estimate of drug-likeness (QED) is 0.509. The molecular formula is C17H22BN2+. The molecule has 0 spiro atoms. The van der Waals surface area contributed by atoms with E-state index in [9.17, 15) is 0 Å². The maximum atomic E-state index is 6.45. The maximum Gasteiger partial charge on any atom is 0.239 e. The molecule has 3 heteroatoms. The van der Waals surface area contributed by atoms with E-state index in [4.69, 9.17) is 7.85 Å². The molecule has 0 amide bonds. The van der Waals surface area contributed by atoms with E-state index in [-0.39, 0.29) is 10.8 Å². The van der Waals surface area contributed by atoms with Crippen LogP contribution in [0.5, 0.6) is 0 Å². The number of hydrogen-bond acceptors (Lipinski definition) is 0. The van der Waals surface area contributed by atoms with Crippen LogP contribution in [0.25, 0.3) is 11.0 Å². The van der Waals surface area contributed by atoms with Crippen molar-refractivity contribution in [3.05, 3.63) is 23.3 Å². The first-order valence-corrected chi connectivity index (χ1v) is 7.68. The predicted octanol–water partition coefficient (Wildman–Crippen LogP) is 2.09. The van der Waals surface area contributed by atoms with E-state index in [1.165, 1.54) is 22.2 Å². The van der Waals surface area contributed by atoms with Gasteiger partial charge in [0, 0.05) is 11.1 Å². The lowest BCUT2D eigenvalue weighted by Crippen LogP contribution is -2.54. The van der Waals surface area contributed by atoms with E-state index in [2.05, 4.69) is 49.0 Å². The van der Waals surface area contributed by atoms with Gasteiger partial charge < -0.3 is 0 Å². The predicted molar refractivity (Wildman–Crippen MR) is 82.8 cm³/mol. The second-order valence-corrected chi connectivity index (χ2v) is 7.79. The first-order chi connectivity index (χ1) is 9.33. The standard InChI is InChI=1S/C17H22BN2/c1-16(2)7-9-19-13-11(16)5-6-12-14(13)20(15(19)18)10-8-17(12,3)4/h5-6H,7-10H2,1-4H3/q+1. The highest BCUT2D eigenvalue weighted by Gasteiger charge is 2.41. The molecule has 3 heterocycles. The van der Waals surface area contributed by atoms with E-state index in [0.717, 1.165) is 31.7 Å². The highest BCUT2D eigenvalue weighted by molar-refractivity contribution is 6.28. The third-order valence-corrected chi connectivity index (χ3v) is 5.62. The molecule has 0 N–H and O–H groups in total. The first kappa shape index (κ1) is 12.5. The summed E-state index contributed by atoms with van der Waals surface area (Å²) in [7, 11) is 6.45. The molecule has 102 valence electrons. The number of rotatable bonds is 0. The fourth-order valence-electron chi connectivity index (χ4n) is 4.10. The van der Waals surface area contributed by atoms with Gasteiger partial charge in [-0.3, -0.25) is 0 Å². The van der Waals surface area contributed by atoms with Crippen molar-refractivity contribution in [2.45, 2.75) is 64.5 Å². The summed E-state index contributed by atoms with van der Waals surface area (Å²) in [5, 5.41) is 0. The van der Waals surface area contributed by atoms with Crippen molar-refractivity contribution >= 4 is 24.6 Å². The summed E-state index contributed by atoms with van der Waals surface area (Å²) in [6, 6.07) is 4.70. The molecule has 2 aromatic rings. The molecule has 2 aliphatic rings. The molecule has 20 heavy (non-hydrogen) atoms. The van der Waals surface area contributed by atoms with Crippen molar-refractivity contribution in [3.8, 4) is 0 Å². The minimum Gasteiger partial charge on any atom is -0.238 e. The minimum atomic E-state index is 0.249. The van der Waals surface area contributed by atoms with Crippen LogP contribution < -0.4 is 10.3 Å². The lowest BCUT2D eigenvalue weighted by Gasteiger charge is -2.32. The van der Waals surface area contributed by atoms with Crippen molar-refractivity contribution in [2.75, 3.05) is 0 Å². The van der Waals surface area contributed by atoms with Crippen LogP contribution >= 0.6 is 0 Å². The summed E-state index contributed by atoms with van der Waals surface area (Å²) in [4.78, 5) is 0. The van der Waals surface area contributed by atoms with Crippen molar-refractivity contribution in [1.82, 2.24) is 4.57 Å². The van der Waals surface area contributed by atoms with Gasteiger partial charge in [0.15, 0.2) is 16.8 Å². The number of nitrogens with zero attached hydrogens (tertiary/aromatic N) is 2. The van der Waals surface area contributed by atoms with Crippen LogP contribution in [0.15, 0.2) is 12.1 Å². The Kier molecular flexibility index (Phi) is 2.18. The molecule has 0 saturated heterocycles. The molecule has 2 nitrogen and oxygen atoms in total. The Bertz CT molecular complexity index is 676. The van der Waals surface area contributed by atoms with Crippen molar-refractivity contribution in [2.24, 2.45) is 0 Å². The highest BCUT2D eigenvalue weighted by atomic mass is 15.2. The van der Waals surface area contributed by atoms with Gasteiger partial charge in [0.1, 0.15) is 0 Å². The lowest BCUT2D eigenvalue weighted by molar-refractivity contribution is -0.659. The van der Waals surface area contributed by atoms with Crippen LogP contribution in [0.3, 0.4) is 0 Å². The molecule has 2 radical (unpaired) electrons. The van der Waals surface area contributed by atoms with Gasteiger partial charge in [-0.25, -0.2) is 9.13 Å². The van der Waals surface area contributed by atoms with Crippen LogP contribution in [0.4, 0.5) is 0 Å². The van der Waals surface area contributed by atoms with Crippen molar-refractivity contribution in [1.29, 1.82) is 0 Å². The van der Waals surface area contributed by atoms with Crippen LogP contribution in [0.2, 0.25) is 0 Å². The minimum absolute atomic E-state index is 0.249. The fraction of sp³-hybridized carbons (Fsp3) is 0.588. The van der Waals surface area contributed by atoms with Crippen LogP contribution in [0.1, 0.15) is 51.7 Å².